The zero-order valence-electron chi connectivity index (χ0n) is 8.57. The average molecular weight is 246 g/mol. The number of nitrogens with one attached hydrogen (secondary N) is 1. The highest BCUT2D eigenvalue weighted by atomic mass is 35.5. The van der Waals surface area contributed by atoms with Gasteiger partial charge in [0.2, 0.25) is 0 Å². The molecule has 0 radical (unpaired) electrons. The molecule has 0 spiro atoms. The first-order valence-electron chi connectivity index (χ1n) is 4.94. The Morgan fingerprint density at radius 1 is 1.50 bits per heavy atom. The van der Waals surface area contributed by atoms with Gasteiger partial charge in [0.15, 0.2) is 0 Å². The summed E-state index contributed by atoms with van der Waals surface area (Å²) in [5.41, 5.74) is 0.746. The van der Waals surface area contributed by atoms with Crippen molar-refractivity contribution in [2.45, 2.75) is 18.9 Å². The molecule has 0 bridgehead atoms. The van der Waals surface area contributed by atoms with Gasteiger partial charge in [-0.1, -0.05) is 6.07 Å². The molecule has 0 aliphatic carbocycles. The molecule has 5 heteroatoms. The first kappa shape index (κ1) is 12.9. The van der Waals surface area contributed by atoms with Crippen molar-refractivity contribution in [3.05, 3.63) is 35.1 Å². The highest BCUT2D eigenvalue weighted by Crippen LogP contribution is 2.26. The minimum atomic E-state index is -1.07. The first-order chi connectivity index (χ1) is 7.18. The van der Waals surface area contributed by atoms with Crippen molar-refractivity contribution in [1.82, 2.24) is 5.32 Å². The second-order valence-electron chi connectivity index (χ2n) is 3.69. The molecule has 1 heterocycles. The van der Waals surface area contributed by atoms with Gasteiger partial charge in [-0.05, 0) is 37.1 Å². The van der Waals surface area contributed by atoms with E-state index in [-0.39, 0.29) is 24.0 Å². The van der Waals surface area contributed by atoms with E-state index in [4.69, 9.17) is 5.11 Å². The van der Waals surface area contributed by atoms with E-state index in [0.717, 1.165) is 25.5 Å². The Hall–Kier alpha value is -1.13. The SMILES string of the molecule is Cl.O=C(O)c1cc(F)ccc1[C@@H]1CCCN1. The van der Waals surface area contributed by atoms with Crippen molar-refractivity contribution in [1.29, 1.82) is 0 Å². The fraction of sp³-hybridized carbons (Fsp3) is 0.364. The van der Waals surface area contributed by atoms with Gasteiger partial charge >= 0.3 is 5.97 Å². The summed E-state index contributed by atoms with van der Waals surface area (Å²) in [6, 6.07) is 4.00. The molecule has 16 heavy (non-hydrogen) atoms. The van der Waals surface area contributed by atoms with Gasteiger partial charge in [-0.15, -0.1) is 12.4 Å². The zero-order valence-corrected chi connectivity index (χ0v) is 9.39. The Kier molecular flexibility index (Phi) is 4.26. The largest absolute Gasteiger partial charge is 0.478 e. The maximum Gasteiger partial charge on any atom is 0.336 e. The number of carboxylic acid groups (broad SMARTS) is 1. The molecule has 0 amide bonds. The quantitative estimate of drug-likeness (QED) is 0.841. The molecule has 1 aliphatic heterocycles. The molecule has 1 aliphatic rings. The van der Waals surface area contributed by atoms with Gasteiger partial charge in [0, 0.05) is 6.04 Å². The van der Waals surface area contributed by atoms with Gasteiger partial charge in [-0.25, -0.2) is 9.18 Å². The number of rotatable bonds is 2. The van der Waals surface area contributed by atoms with Crippen molar-refractivity contribution in [3.8, 4) is 0 Å². The van der Waals surface area contributed by atoms with Gasteiger partial charge in [0.05, 0.1) is 5.56 Å². The first-order valence-corrected chi connectivity index (χ1v) is 4.94. The van der Waals surface area contributed by atoms with Crippen LogP contribution >= 0.6 is 12.4 Å². The number of hydrogen-bond acceptors (Lipinski definition) is 2. The second-order valence-corrected chi connectivity index (χ2v) is 3.69. The van der Waals surface area contributed by atoms with Crippen LogP contribution in [0.15, 0.2) is 18.2 Å². The van der Waals surface area contributed by atoms with E-state index in [2.05, 4.69) is 5.32 Å². The minimum Gasteiger partial charge on any atom is -0.478 e. The summed E-state index contributed by atoms with van der Waals surface area (Å²) in [4.78, 5) is 10.9. The molecule has 1 fully saturated rings. The monoisotopic (exact) mass is 245 g/mol. The van der Waals surface area contributed by atoms with E-state index >= 15 is 0 Å². The van der Waals surface area contributed by atoms with Crippen molar-refractivity contribution in [2.75, 3.05) is 6.54 Å². The van der Waals surface area contributed by atoms with Gasteiger partial charge in [0.1, 0.15) is 5.82 Å². The predicted octanol–water partition coefficient (Wildman–Crippen LogP) is 2.37. The summed E-state index contributed by atoms with van der Waals surface area (Å²) in [6.45, 7) is 0.890. The summed E-state index contributed by atoms with van der Waals surface area (Å²) in [5, 5.41) is 12.2. The standard InChI is InChI=1S/C11H12FNO2.ClH/c12-7-3-4-8(9(6-7)11(14)15)10-2-1-5-13-10;/h3-4,6,10,13H,1-2,5H2,(H,14,15);1H/t10-;/m0./s1. The fourth-order valence-corrected chi connectivity index (χ4v) is 1.97. The molecule has 1 saturated heterocycles. The van der Waals surface area contributed by atoms with Gasteiger partial charge in [-0.2, -0.15) is 0 Å². The van der Waals surface area contributed by atoms with Crippen LogP contribution in [-0.2, 0) is 0 Å². The van der Waals surface area contributed by atoms with Crippen LogP contribution in [-0.4, -0.2) is 17.6 Å². The van der Waals surface area contributed by atoms with E-state index in [1.807, 2.05) is 0 Å². The molecular weight excluding hydrogens is 233 g/mol. The third kappa shape index (κ3) is 2.51. The summed E-state index contributed by atoms with van der Waals surface area (Å²) in [5.74, 6) is -1.58. The van der Waals surface area contributed by atoms with Gasteiger partial charge < -0.3 is 10.4 Å². The Labute approximate surface area is 99.1 Å². The third-order valence-electron chi connectivity index (χ3n) is 2.68. The second kappa shape index (κ2) is 5.27. The fourth-order valence-electron chi connectivity index (χ4n) is 1.97. The summed E-state index contributed by atoms with van der Waals surface area (Å²) >= 11 is 0. The average Bonchev–Trinajstić information content (AvgIpc) is 2.70. The number of benzene rings is 1. The van der Waals surface area contributed by atoms with Crippen molar-refractivity contribution >= 4 is 18.4 Å². The van der Waals surface area contributed by atoms with E-state index < -0.39 is 11.8 Å². The van der Waals surface area contributed by atoms with E-state index in [9.17, 15) is 9.18 Å². The Morgan fingerprint density at radius 3 is 2.81 bits per heavy atom. The Balaban J connectivity index is 0.00000128. The normalized spacial score (nSPS) is 19.2. The predicted molar refractivity (Wildman–Crippen MR) is 60.6 cm³/mol. The summed E-state index contributed by atoms with van der Waals surface area (Å²) in [7, 11) is 0. The molecule has 2 rings (SSSR count). The lowest BCUT2D eigenvalue weighted by atomic mass is 9.99. The highest BCUT2D eigenvalue weighted by molar-refractivity contribution is 5.89. The molecule has 0 unspecified atom stereocenters. The van der Waals surface area contributed by atoms with Crippen LogP contribution in [0.1, 0.15) is 34.8 Å². The van der Waals surface area contributed by atoms with E-state index in [0.29, 0.717) is 5.56 Å². The molecule has 3 nitrogen and oxygen atoms in total. The number of hydrogen-bond donors (Lipinski definition) is 2. The third-order valence-corrected chi connectivity index (χ3v) is 2.68. The van der Waals surface area contributed by atoms with Crippen LogP contribution in [0.25, 0.3) is 0 Å². The van der Waals surface area contributed by atoms with Crippen LogP contribution in [0.3, 0.4) is 0 Å². The Morgan fingerprint density at radius 2 is 2.25 bits per heavy atom. The molecular formula is C11H13ClFNO2. The maximum atomic E-state index is 12.9. The van der Waals surface area contributed by atoms with Crippen molar-refractivity contribution in [2.24, 2.45) is 0 Å². The summed E-state index contributed by atoms with van der Waals surface area (Å²) < 4.78 is 12.9. The Bertz CT molecular complexity index is 392. The molecule has 1 aromatic carbocycles. The van der Waals surface area contributed by atoms with E-state index in [1.165, 1.54) is 6.07 Å². The highest BCUT2D eigenvalue weighted by Gasteiger charge is 2.22. The maximum absolute atomic E-state index is 12.9. The molecule has 0 aromatic heterocycles. The minimum absolute atomic E-state index is 0. The number of aromatic carboxylic acids is 1. The van der Waals surface area contributed by atoms with Crippen LogP contribution < -0.4 is 5.32 Å². The van der Waals surface area contributed by atoms with Crippen LogP contribution in [0.5, 0.6) is 0 Å². The summed E-state index contributed by atoms with van der Waals surface area (Å²) in [6.07, 6.45) is 1.94. The van der Waals surface area contributed by atoms with Crippen LogP contribution in [0.4, 0.5) is 4.39 Å². The lowest BCUT2D eigenvalue weighted by Gasteiger charge is -2.13. The zero-order chi connectivity index (χ0) is 10.8. The smallest absolute Gasteiger partial charge is 0.336 e. The van der Waals surface area contributed by atoms with Crippen LogP contribution in [0, 0.1) is 5.82 Å². The van der Waals surface area contributed by atoms with Crippen molar-refractivity contribution in [3.63, 3.8) is 0 Å². The molecule has 88 valence electrons. The van der Waals surface area contributed by atoms with Gasteiger partial charge in [-0.3, -0.25) is 0 Å². The van der Waals surface area contributed by atoms with E-state index in [1.54, 1.807) is 6.07 Å². The lowest BCUT2D eigenvalue weighted by Crippen LogP contribution is -2.16. The topological polar surface area (TPSA) is 49.3 Å². The molecule has 2 N–H and O–H groups in total. The van der Waals surface area contributed by atoms with Gasteiger partial charge in [0.25, 0.3) is 0 Å². The molecule has 0 saturated carbocycles. The lowest BCUT2D eigenvalue weighted by molar-refractivity contribution is 0.0694. The molecule has 1 atom stereocenters. The van der Waals surface area contributed by atoms with Crippen LogP contribution in [0.2, 0.25) is 0 Å². The molecule has 1 aromatic rings. The van der Waals surface area contributed by atoms with Crippen molar-refractivity contribution < 1.29 is 14.3 Å². The number of carboxylic acids is 1. The number of halogens is 2. The number of carbonyl (C=O) groups is 1.